The molecule has 3 unspecified atom stereocenters. The average molecular weight is 334 g/mol. The largest absolute Gasteiger partial charge is 0.302 e. The van der Waals surface area contributed by atoms with Crippen molar-refractivity contribution in [2.75, 3.05) is 18.4 Å². The van der Waals surface area contributed by atoms with Crippen LogP contribution in [0.1, 0.15) is 57.1 Å². The third kappa shape index (κ3) is 3.77. The Hall–Kier alpha value is -0.940. The zero-order chi connectivity index (χ0) is 15.6. The van der Waals surface area contributed by atoms with Gasteiger partial charge in [0.2, 0.25) is 5.91 Å². The molecule has 126 valence electrons. The molecule has 0 spiro atoms. The van der Waals surface area contributed by atoms with Crippen molar-refractivity contribution in [3.05, 3.63) is 11.1 Å². The van der Waals surface area contributed by atoms with Crippen molar-refractivity contribution >= 4 is 22.4 Å². The quantitative estimate of drug-likeness (QED) is 0.889. The van der Waals surface area contributed by atoms with Gasteiger partial charge < -0.3 is 5.32 Å². The van der Waals surface area contributed by atoms with Crippen LogP contribution in [0.4, 0.5) is 5.13 Å². The summed E-state index contributed by atoms with van der Waals surface area (Å²) in [4.78, 5) is 19.4. The lowest BCUT2D eigenvalue weighted by molar-refractivity contribution is -0.117. The Bertz CT molecular complexity index is 552. The molecule has 4 rings (SSSR count). The van der Waals surface area contributed by atoms with Crippen molar-refractivity contribution in [1.29, 1.82) is 0 Å². The lowest BCUT2D eigenvalue weighted by Gasteiger charge is -2.25. The van der Waals surface area contributed by atoms with Gasteiger partial charge in [-0.05, 0) is 62.9 Å². The lowest BCUT2D eigenvalue weighted by Crippen LogP contribution is -2.29. The highest BCUT2D eigenvalue weighted by atomic mass is 32.1. The van der Waals surface area contributed by atoms with E-state index in [1.54, 1.807) is 11.3 Å². The van der Waals surface area contributed by atoms with E-state index in [0.717, 1.165) is 29.2 Å². The molecule has 2 heterocycles. The van der Waals surface area contributed by atoms with E-state index < -0.39 is 0 Å². The summed E-state index contributed by atoms with van der Waals surface area (Å²) in [6.07, 6.45) is 10.1. The first-order chi connectivity index (χ1) is 11.3. The maximum Gasteiger partial charge on any atom is 0.226 e. The van der Waals surface area contributed by atoms with E-state index in [9.17, 15) is 4.79 Å². The molecule has 1 amide bonds. The number of fused-ring (bicyclic) bond motifs is 2. The van der Waals surface area contributed by atoms with Crippen LogP contribution in [-0.4, -0.2) is 28.9 Å². The fraction of sp³-hybridized carbons (Fsp3) is 0.778. The number of aromatic nitrogens is 1. The molecule has 5 heteroatoms. The van der Waals surface area contributed by atoms with Crippen LogP contribution in [0.15, 0.2) is 5.38 Å². The molecule has 0 aromatic carbocycles. The first-order valence-electron chi connectivity index (χ1n) is 9.23. The molecule has 1 saturated heterocycles. The van der Waals surface area contributed by atoms with Crippen LogP contribution in [0.2, 0.25) is 0 Å². The smallest absolute Gasteiger partial charge is 0.226 e. The van der Waals surface area contributed by atoms with E-state index in [4.69, 9.17) is 0 Å². The van der Waals surface area contributed by atoms with E-state index in [0.29, 0.717) is 12.3 Å². The van der Waals surface area contributed by atoms with Gasteiger partial charge in [-0.15, -0.1) is 11.3 Å². The molecule has 1 N–H and O–H groups in total. The van der Waals surface area contributed by atoms with Gasteiger partial charge in [0.25, 0.3) is 0 Å². The van der Waals surface area contributed by atoms with Crippen molar-refractivity contribution in [3.8, 4) is 0 Å². The van der Waals surface area contributed by atoms with Crippen LogP contribution >= 0.6 is 11.3 Å². The highest BCUT2D eigenvalue weighted by Gasteiger charge is 2.40. The molecule has 3 fully saturated rings. The molecule has 3 atom stereocenters. The Morgan fingerprint density at radius 3 is 2.87 bits per heavy atom. The predicted molar refractivity (Wildman–Crippen MR) is 93.4 cm³/mol. The van der Waals surface area contributed by atoms with Gasteiger partial charge in [-0.25, -0.2) is 4.98 Å². The normalized spacial score (nSPS) is 30.7. The van der Waals surface area contributed by atoms with Gasteiger partial charge in [-0.2, -0.15) is 0 Å². The summed E-state index contributed by atoms with van der Waals surface area (Å²) >= 11 is 1.57. The van der Waals surface area contributed by atoms with Gasteiger partial charge in [0.1, 0.15) is 0 Å². The number of anilines is 1. The van der Waals surface area contributed by atoms with Crippen molar-refractivity contribution in [2.45, 2.75) is 57.9 Å². The number of likely N-dealkylation sites (tertiary alicyclic amines) is 1. The minimum Gasteiger partial charge on any atom is -0.302 e. The lowest BCUT2D eigenvalue weighted by atomic mass is 9.86. The zero-order valence-corrected chi connectivity index (χ0v) is 14.6. The van der Waals surface area contributed by atoms with Gasteiger partial charge in [-0.1, -0.05) is 12.8 Å². The van der Waals surface area contributed by atoms with E-state index in [-0.39, 0.29) is 5.91 Å². The number of piperidine rings is 1. The number of rotatable bonds is 5. The van der Waals surface area contributed by atoms with E-state index in [1.807, 2.05) is 0 Å². The average Bonchev–Trinajstić information content (AvgIpc) is 3.26. The summed E-state index contributed by atoms with van der Waals surface area (Å²) in [6, 6.07) is 0. The summed E-state index contributed by atoms with van der Waals surface area (Å²) in [6.45, 7) is 3.30. The van der Waals surface area contributed by atoms with E-state index >= 15 is 0 Å². The molecule has 1 aromatic rings. The van der Waals surface area contributed by atoms with Crippen LogP contribution in [0.3, 0.4) is 0 Å². The standard InChI is InChI=1S/C18H27N3OS/c22-17(10-15-9-13-4-5-14(15)8-13)20-18-19-16(12-23-18)11-21-6-2-1-3-7-21/h12-15H,1-11H2,(H,19,20,22). The second-order valence-corrected chi connectivity index (χ2v) is 8.53. The Labute approximate surface area is 142 Å². The number of hydrogen-bond acceptors (Lipinski definition) is 4. The summed E-state index contributed by atoms with van der Waals surface area (Å²) in [5.74, 6) is 2.52. The maximum atomic E-state index is 12.3. The van der Waals surface area contributed by atoms with Crippen LogP contribution in [0, 0.1) is 17.8 Å². The first kappa shape index (κ1) is 15.6. The molecule has 2 saturated carbocycles. The Kier molecular flexibility index (Phi) is 4.67. The van der Waals surface area contributed by atoms with Crippen LogP contribution in [0.5, 0.6) is 0 Å². The van der Waals surface area contributed by atoms with E-state index in [2.05, 4.69) is 20.6 Å². The minimum absolute atomic E-state index is 0.168. The minimum atomic E-state index is 0.168. The Balaban J connectivity index is 1.26. The Morgan fingerprint density at radius 1 is 1.26 bits per heavy atom. The van der Waals surface area contributed by atoms with Crippen molar-refractivity contribution < 1.29 is 4.79 Å². The third-order valence-corrected chi connectivity index (χ3v) is 6.77. The predicted octanol–water partition coefficient (Wildman–Crippen LogP) is 3.89. The fourth-order valence-corrected chi connectivity index (χ4v) is 5.54. The number of hydrogen-bond donors (Lipinski definition) is 1. The summed E-state index contributed by atoms with van der Waals surface area (Å²) < 4.78 is 0. The molecular weight excluding hydrogens is 306 g/mol. The Morgan fingerprint density at radius 2 is 2.13 bits per heavy atom. The molecule has 1 aliphatic heterocycles. The van der Waals surface area contributed by atoms with Gasteiger partial charge >= 0.3 is 0 Å². The highest BCUT2D eigenvalue weighted by Crippen LogP contribution is 2.49. The monoisotopic (exact) mass is 333 g/mol. The van der Waals surface area contributed by atoms with Crippen molar-refractivity contribution in [2.24, 2.45) is 17.8 Å². The molecule has 4 nitrogen and oxygen atoms in total. The van der Waals surface area contributed by atoms with Gasteiger partial charge in [-0.3, -0.25) is 9.69 Å². The summed E-state index contributed by atoms with van der Waals surface area (Å²) in [5.41, 5.74) is 1.10. The number of nitrogens with one attached hydrogen (secondary N) is 1. The van der Waals surface area contributed by atoms with E-state index in [1.165, 1.54) is 58.0 Å². The molecule has 2 bridgehead atoms. The molecule has 23 heavy (non-hydrogen) atoms. The van der Waals surface area contributed by atoms with Crippen LogP contribution in [-0.2, 0) is 11.3 Å². The topological polar surface area (TPSA) is 45.2 Å². The SMILES string of the molecule is O=C(CC1CC2CCC1C2)Nc1nc(CN2CCCCC2)cs1. The van der Waals surface area contributed by atoms with Crippen molar-refractivity contribution in [1.82, 2.24) is 9.88 Å². The molecule has 2 aliphatic carbocycles. The third-order valence-electron chi connectivity index (χ3n) is 5.96. The summed E-state index contributed by atoms with van der Waals surface area (Å²) in [7, 11) is 0. The summed E-state index contributed by atoms with van der Waals surface area (Å²) in [5, 5.41) is 5.92. The zero-order valence-electron chi connectivity index (χ0n) is 13.8. The highest BCUT2D eigenvalue weighted by molar-refractivity contribution is 7.13. The first-order valence-corrected chi connectivity index (χ1v) is 10.1. The number of amides is 1. The van der Waals surface area contributed by atoms with Crippen LogP contribution < -0.4 is 5.32 Å². The number of carbonyl (C=O) groups excluding carboxylic acids is 1. The number of thiazole rings is 1. The van der Waals surface area contributed by atoms with Gasteiger partial charge in [0.05, 0.1) is 5.69 Å². The molecule has 3 aliphatic rings. The molecule has 1 aromatic heterocycles. The van der Waals surface area contributed by atoms with Crippen LogP contribution in [0.25, 0.3) is 0 Å². The number of carbonyl (C=O) groups is 1. The van der Waals surface area contributed by atoms with Crippen molar-refractivity contribution in [3.63, 3.8) is 0 Å². The van der Waals surface area contributed by atoms with Gasteiger partial charge in [0, 0.05) is 18.3 Å². The second-order valence-electron chi connectivity index (χ2n) is 7.67. The number of nitrogens with zero attached hydrogens (tertiary/aromatic N) is 2. The molecule has 0 radical (unpaired) electrons. The maximum absolute atomic E-state index is 12.3. The fourth-order valence-electron chi connectivity index (χ4n) is 4.82. The van der Waals surface area contributed by atoms with Gasteiger partial charge in [0.15, 0.2) is 5.13 Å². The molecular formula is C18H27N3OS. The second kappa shape index (κ2) is 6.89.